The smallest absolute Gasteiger partial charge is 0.415 e. The van der Waals surface area contributed by atoms with Gasteiger partial charge in [0.05, 0.1) is 38.1 Å². The van der Waals surface area contributed by atoms with Gasteiger partial charge in [-0.05, 0) is 62.9 Å². The van der Waals surface area contributed by atoms with E-state index in [9.17, 15) is 23.2 Å². The average Bonchev–Trinajstić information content (AvgIpc) is 3.40. The number of hydroxylamine groups is 1. The Bertz CT molecular complexity index is 1670. The van der Waals surface area contributed by atoms with Gasteiger partial charge in [-0.1, -0.05) is 24.3 Å². The van der Waals surface area contributed by atoms with Gasteiger partial charge in [0, 0.05) is 41.0 Å². The van der Waals surface area contributed by atoms with Gasteiger partial charge in [0.25, 0.3) is 0 Å². The van der Waals surface area contributed by atoms with E-state index >= 15 is 0 Å². The van der Waals surface area contributed by atoms with E-state index in [0.29, 0.717) is 28.2 Å². The molecule has 2 heterocycles. The minimum absolute atomic E-state index is 0.0210. The number of pyridine rings is 1. The molecular weight excluding hydrogens is 632 g/mol. The lowest BCUT2D eigenvalue weighted by Crippen LogP contribution is -2.32. The van der Waals surface area contributed by atoms with Crippen LogP contribution in [0.25, 0.3) is 10.4 Å². The van der Waals surface area contributed by atoms with Crippen LogP contribution in [0.3, 0.4) is 0 Å². The summed E-state index contributed by atoms with van der Waals surface area (Å²) in [4.78, 5) is 51.8. The third-order valence-corrected chi connectivity index (χ3v) is 8.07. The fraction of sp³-hybridized carbons (Fsp3) is 0.273. The summed E-state index contributed by atoms with van der Waals surface area (Å²) in [6, 6.07) is 15.2. The monoisotopic (exact) mass is 667 g/mol. The van der Waals surface area contributed by atoms with Crippen LogP contribution >= 0.6 is 11.3 Å². The van der Waals surface area contributed by atoms with E-state index in [2.05, 4.69) is 20.6 Å². The van der Waals surface area contributed by atoms with Crippen LogP contribution in [-0.2, 0) is 33.9 Å². The lowest BCUT2D eigenvalue weighted by Gasteiger charge is -2.23. The molecule has 3 amide bonds. The van der Waals surface area contributed by atoms with Crippen molar-refractivity contribution >= 4 is 40.1 Å². The normalized spacial score (nSPS) is 10.9. The summed E-state index contributed by atoms with van der Waals surface area (Å²) in [7, 11) is 3.16. The van der Waals surface area contributed by atoms with E-state index in [-0.39, 0.29) is 35.9 Å². The molecule has 4 rings (SSSR count). The number of amides is 3. The summed E-state index contributed by atoms with van der Waals surface area (Å²) in [5.74, 6) is -2.43. The molecule has 14 heteroatoms. The molecule has 11 nitrogen and oxygen atoms in total. The predicted molar refractivity (Wildman–Crippen MR) is 174 cm³/mol. The Morgan fingerprint density at radius 2 is 1.57 bits per heavy atom. The van der Waals surface area contributed by atoms with Gasteiger partial charge in [-0.3, -0.25) is 19.6 Å². The summed E-state index contributed by atoms with van der Waals surface area (Å²) < 4.78 is 40.6. The second kappa shape index (κ2) is 16.6. The summed E-state index contributed by atoms with van der Waals surface area (Å²) >= 11 is 1.08. The van der Waals surface area contributed by atoms with Gasteiger partial charge in [0.2, 0.25) is 0 Å². The molecule has 2 aromatic heterocycles. The molecule has 0 saturated heterocycles. The number of carbonyl (C=O) groups excluding carboxylic acids is 3. The minimum atomic E-state index is -0.898. The third kappa shape index (κ3) is 8.87. The number of carbonyl (C=O) groups is 3. The summed E-state index contributed by atoms with van der Waals surface area (Å²) in [6.07, 6.45) is 0.786. The number of aromatic nitrogens is 1. The molecule has 0 atom stereocenters. The molecule has 0 radical (unpaired) electrons. The van der Waals surface area contributed by atoms with E-state index in [1.165, 1.54) is 13.2 Å². The number of hydrogen-bond donors (Lipinski definition) is 2. The van der Waals surface area contributed by atoms with Crippen molar-refractivity contribution < 1.29 is 37.5 Å². The standard InChI is InChI=1S/C33H35F2N5O6S/c1-5-45-31(41)28-25(19-39(3)18-23-10-7-8-17-36-23)29(21-13-15-22(16-14-21)37-32(42)38-44-4)47-30(28)40(33(43)46-6-2)20-24-26(34)11-9-12-27(24)35/h7-17H,5-6,18-20H2,1-4H3,(H2,37,38,42). The first kappa shape index (κ1) is 34.9. The van der Waals surface area contributed by atoms with Gasteiger partial charge in [0.15, 0.2) is 0 Å². The van der Waals surface area contributed by atoms with E-state index in [4.69, 9.17) is 9.47 Å². The zero-order valence-electron chi connectivity index (χ0n) is 26.3. The number of benzene rings is 2. The van der Waals surface area contributed by atoms with Crippen molar-refractivity contribution in [1.82, 2.24) is 15.4 Å². The fourth-order valence-electron chi connectivity index (χ4n) is 4.75. The molecule has 0 fully saturated rings. The number of nitrogens with one attached hydrogen (secondary N) is 2. The Morgan fingerprint density at radius 1 is 0.872 bits per heavy atom. The van der Waals surface area contributed by atoms with Crippen LogP contribution in [-0.4, -0.2) is 55.3 Å². The Kier molecular flexibility index (Phi) is 12.3. The molecule has 0 aliphatic rings. The van der Waals surface area contributed by atoms with Crippen LogP contribution in [0.4, 0.5) is 29.1 Å². The number of rotatable bonds is 13. The molecule has 0 aliphatic carbocycles. The summed E-state index contributed by atoms with van der Waals surface area (Å²) in [6.45, 7) is 3.35. The maximum atomic E-state index is 14.9. The largest absolute Gasteiger partial charge is 0.462 e. The van der Waals surface area contributed by atoms with Crippen LogP contribution in [0.15, 0.2) is 66.9 Å². The van der Waals surface area contributed by atoms with E-state index < -0.39 is 36.3 Å². The highest BCUT2D eigenvalue weighted by Gasteiger charge is 2.33. The van der Waals surface area contributed by atoms with Crippen molar-refractivity contribution in [2.24, 2.45) is 0 Å². The quantitative estimate of drug-likeness (QED) is 0.119. The summed E-state index contributed by atoms with van der Waals surface area (Å²) in [5.41, 5.74) is 4.28. The van der Waals surface area contributed by atoms with E-state index in [1.54, 1.807) is 44.3 Å². The second-order valence-electron chi connectivity index (χ2n) is 10.1. The van der Waals surface area contributed by atoms with E-state index in [0.717, 1.165) is 34.1 Å². The number of hydrogen-bond acceptors (Lipinski definition) is 9. The van der Waals surface area contributed by atoms with Crippen molar-refractivity contribution in [1.29, 1.82) is 0 Å². The number of anilines is 2. The molecule has 2 aromatic carbocycles. The van der Waals surface area contributed by atoms with E-state index in [1.807, 2.05) is 30.1 Å². The highest BCUT2D eigenvalue weighted by atomic mass is 32.1. The van der Waals surface area contributed by atoms with Gasteiger partial charge < -0.3 is 14.8 Å². The number of esters is 1. The van der Waals surface area contributed by atoms with Crippen molar-refractivity contribution in [3.05, 3.63) is 101 Å². The SMILES string of the molecule is CCOC(=O)c1c(N(Cc2c(F)cccc2F)C(=O)OCC)sc(-c2ccc(NC(=O)NOC)cc2)c1CN(C)Cc1ccccn1. The van der Waals surface area contributed by atoms with Gasteiger partial charge >= 0.3 is 18.1 Å². The third-order valence-electron chi connectivity index (χ3n) is 6.77. The first-order valence-electron chi connectivity index (χ1n) is 14.7. The maximum absolute atomic E-state index is 14.9. The number of halogens is 2. The van der Waals surface area contributed by atoms with Crippen LogP contribution in [0.1, 0.15) is 41.0 Å². The number of thiophene rings is 1. The fourth-order valence-corrected chi connectivity index (χ4v) is 6.05. The molecule has 0 bridgehead atoms. The topological polar surface area (TPSA) is 122 Å². The molecule has 0 saturated carbocycles. The minimum Gasteiger partial charge on any atom is -0.462 e. The molecule has 2 N–H and O–H groups in total. The molecular formula is C33H35F2N5O6S. The Morgan fingerprint density at radius 3 is 2.19 bits per heavy atom. The Hall–Kier alpha value is -4.92. The van der Waals surface area contributed by atoms with Gasteiger partial charge in [-0.25, -0.2) is 28.6 Å². The molecule has 47 heavy (non-hydrogen) atoms. The zero-order chi connectivity index (χ0) is 33.9. The molecule has 248 valence electrons. The van der Waals surface area contributed by atoms with Crippen LogP contribution < -0.4 is 15.7 Å². The van der Waals surface area contributed by atoms with Gasteiger partial charge in [-0.15, -0.1) is 11.3 Å². The summed E-state index contributed by atoms with van der Waals surface area (Å²) in [5, 5.41) is 2.73. The number of ether oxygens (including phenoxy) is 2. The number of nitrogens with zero attached hydrogens (tertiary/aromatic N) is 3. The van der Waals surface area contributed by atoms with Crippen molar-refractivity contribution in [2.75, 3.05) is 37.6 Å². The molecule has 0 unspecified atom stereocenters. The number of urea groups is 1. The van der Waals surface area contributed by atoms with Crippen LogP contribution in [0.5, 0.6) is 0 Å². The molecule has 0 spiro atoms. The Labute approximate surface area is 275 Å². The van der Waals surface area contributed by atoms with Crippen molar-refractivity contribution in [3.8, 4) is 10.4 Å². The highest BCUT2D eigenvalue weighted by molar-refractivity contribution is 7.20. The molecule has 4 aromatic rings. The first-order valence-corrected chi connectivity index (χ1v) is 15.5. The average molecular weight is 668 g/mol. The Balaban J connectivity index is 1.89. The maximum Gasteiger partial charge on any atom is 0.415 e. The zero-order valence-corrected chi connectivity index (χ0v) is 27.2. The highest BCUT2D eigenvalue weighted by Crippen LogP contribution is 2.44. The second-order valence-corrected chi connectivity index (χ2v) is 11.1. The van der Waals surface area contributed by atoms with Crippen molar-refractivity contribution in [2.45, 2.75) is 33.5 Å². The lowest BCUT2D eigenvalue weighted by molar-refractivity contribution is 0.0525. The van der Waals surface area contributed by atoms with Crippen LogP contribution in [0, 0.1) is 11.6 Å². The van der Waals surface area contributed by atoms with Gasteiger partial charge in [0.1, 0.15) is 16.6 Å². The first-order chi connectivity index (χ1) is 22.7. The lowest BCUT2D eigenvalue weighted by atomic mass is 10.0. The van der Waals surface area contributed by atoms with Crippen LogP contribution in [0.2, 0.25) is 0 Å². The predicted octanol–water partition coefficient (Wildman–Crippen LogP) is 6.74. The van der Waals surface area contributed by atoms with Gasteiger partial charge in [-0.2, -0.15) is 0 Å². The van der Waals surface area contributed by atoms with Crippen molar-refractivity contribution in [3.63, 3.8) is 0 Å². The molecule has 0 aliphatic heterocycles.